The molecule has 1 aromatic carbocycles. The first-order chi connectivity index (χ1) is 14.3. The minimum absolute atomic E-state index is 0.0268. The van der Waals surface area contributed by atoms with E-state index in [9.17, 15) is 4.79 Å². The van der Waals surface area contributed by atoms with E-state index in [1.807, 2.05) is 48.2 Å². The van der Waals surface area contributed by atoms with Crippen LogP contribution in [0.3, 0.4) is 0 Å². The molecule has 154 valence electrons. The Hall–Kier alpha value is -2.92. The molecule has 1 amide bonds. The zero-order valence-corrected chi connectivity index (χ0v) is 18.2. The Morgan fingerprint density at radius 3 is 2.70 bits per heavy atom. The summed E-state index contributed by atoms with van der Waals surface area (Å²) in [5.74, 6) is 0.0268. The van der Waals surface area contributed by atoms with Crippen molar-refractivity contribution >= 4 is 23.6 Å². The molecule has 0 bridgehead atoms. The Morgan fingerprint density at radius 1 is 1.17 bits per heavy atom. The molecule has 3 heterocycles. The maximum atomic E-state index is 12.9. The Bertz CT molecular complexity index is 1120. The Balaban J connectivity index is 1.52. The van der Waals surface area contributed by atoms with Gasteiger partial charge in [-0.2, -0.15) is 5.10 Å². The number of aromatic nitrogens is 3. The third-order valence-electron chi connectivity index (χ3n) is 5.54. The van der Waals surface area contributed by atoms with Gasteiger partial charge in [-0.25, -0.2) is 0 Å². The van der Waals surface area contributed by atoms with E-state index in [-0.39, 0.29) is 11.3 Å². The summed E-state index contributed by atoms with van der Waals surface area (Å²) < 4.78 is 0. The SMILES string of the molecule is Cc1cccc(-c2cc(/C=C3\CCN(C(=O)c4cccc(Cl)c4)CC3(C)C)[nH]n2)n1. The number of nitrogens with one attached hydrogen (secondary N) is 1. The van der Waals surface area contributed by atoms with Crippen LogP contribution in [0.5, 0.6) is 0 Å². The number of amides is 1. The van der Waals surface area contributed by atoms with Gasteiger partial charge in [-0.1, -0.05) is 43.2 Å². The van der Waals surface area contributed by atoms with Gasteiger partial charge >= 0.3 is 0 Å². The van der Waals surface area contributed by atoms with Crippen LogP contribution in [0.4, 0.5) is 0 Å². The normalized spacial score (nSPS) is 17.3. The molecule has 1 fully saturated rings. The number of pyridine rings is 1. The van der Waals surface area contributed by atoms with Crippen LogP contribution in [0.1, 0.15) is 42.0 Å². The van der Waals surface area contributed by atoms with Crippen molar-refractivity contribution in [3.05, 3.63) is 76.1 Å². The molecule has 0 atom stereocenters. The van der Waals surface area contributed by atoms with Crippen molar-refractivity contribution in [3.8, 4) is 11.4 Å². The van der Waals surface area contributed by atoms with Crippen molar-refractivity contribution in [2.24, 2.45) is 5.41 Å². The third-order valence-corrected chi connectivity index (χ3v) is 5.78. The molecule has 0 aliphatic carbocycles. The van der Waals surface area contributed by atoms with Crippen molar-refractivity contribution < 1.29 is 4.79 Å². The summed E-state index contributed by atoms with van der Waals surface area (Å²) in [6.07, 6.45) is 2.98. The van der Waals surface area contributed by atoms with Gasteiger partial charge in [0.2, 0.25) is 0 Å². The van der Waals surface area contributed by atoms with E-state index in [0.29, 0.717) is 23.7 Å². The van der Waals surface area contributed by atoms with Crippen LogP contribution in [-0.2, 0) is 0 Å². The number of carbonyl (C=O) groups is 1. The molecule has 30 heavy (non-hydrogen) atoms. The lowest BCUT2D eigenvalue weighted by molar-refractivity contribution is 0.0664. The Labute approximate surface area is 181 Å². The van der Waals surface area contributed by atoms with Crippen LogP contribution in [0.25, 0.3) is 17.5 Å². The van der Waals surface area contributed by atoms with E-state index in [1.165, 1.54) is 5.57 Å². The lowest BCUT2D eigenvalue weighted by Crippen LogP contribution is -2.44. The van der Waals surface area contributed by atoms with Gasteiger partial charge in [0.25, 0.3) is 5.91 Å². The van der Waals surface area contributed by atoms with Gasteiger partial charge in [-0.3, -0.25) is 14.9 Å². The fourth-order valence-electron chi connectivity index (χ4n) is 3.91. The summed E-state index contributed by atoms with van der Waals surface area (Å²) in [6, 6.07) is 15.1. The van der Waals surface area contributed by atoms with Crippen LogP contribution in [0.15, 0.2) is 54.1 Å². The lowest BCUT2D eigenvalue weighted by atomic mass is 9.78. The fraction of sp³-hybridized carbons (Fsp3) is 0.292. The number of benzene rings is 1. The molecule has 0 spiro atoms. The quantitative estimate of drug-likeness (QED) is 0.617. The number of likely N-dealkylation sites (tertiary alicyclic amines) is 1. The van der Waals surface area contributed by atoms with Gasteiger partial charge in [0.15, 0.2) is 0 Å². The van der Waals surface area contributed by atoms with Crippen LogP contribution in [0.2, 0.25) is 5.02 Å². The molecule has 2 aromatic heterocycles. The fourth-order valence-corrected chi connectivity index (χ4v) is 4.10. The zero-order chi connectivity index (χ0) is 21.3. The highest BCUT2D eigenvalue weighted by molar-refractivity contribution is 6.30. The van der Waals surface area contributed by atoms with Crippen LogP contribution in [0, 0.1) is 12.3 Å². The topological polar surface area (TPSA) is 61.9 Å². The average Bonchev–Trinajstić information content (AvgIpc) is 3.17. The summed E-state index contributed by atoms with van der Waals surface area (Å²) >= 11 is 6.06. The minimum atomic E-state index is -0.140. The van der Waals surface area contributed by atoms with Crippen molar-refractivity contribution in [1.82, 2.24) is 20.1 Å². The second kappa shape index (κ2) is 8.07. The van der Waals surface area contributed by atoms with E-state index < -0.39 is 0 Å². The zero-order valence-electron chi connectivity index (χ0n) is 17.4. The van der Waals surface area contributed by atoms with Gasteiger partial charge < -0.3 is 4.90 Å². The largest absolute Gasteiger partial charge is 0.337 e. The number of carbonyl (C=O) groups excluding carboxylic acids is 1. The van der Waals surface area contributed by atoms with Gasteiger partial charge in [0, 0.05) is 34.8 Å². The molecule has 0 radical (unpaired) electrons. The number of hydrogen-bond acceptors (Lipinski definition) is 3. The summed E-state index contributed by atoms with van der Waals surface area (Å²) in [6.45, 7) is 7.66. The molecule has 0 unspecified atom stereocenters. The number of piperidine rings is 1. The number of aryl methyl sites for hydroxylation is 1. The molecule has 3 aromatic rings. The molecule has 1 aliphatic heterocycles. The predicted octanol–water partition coefficient (Wildman–Crippen LogP) is 5.39. The van der Waals surface area contributed by atoms with E-state index in [1.54, 1.807) is 12.1 Å². The lowest BCUT2D eigenvalue weighted by Gasteiger charge is -2.40. The number of aromatic amines is 1. The first-order valence-corrected chi connectivity index (χ1v) is 10.4. The van der Waals surface area contributed by atoms with Crippen molar-refractivity contribution in [3.63, 3.8) is 0 Å². The highest BCUT2D eigenvalue weighted by Crippen LogP contribution is 2.36. The number of hydrogen-bond donors (Lipinski definition) is 1. The number of H-pyrrole nitrogens is 1. The predicted molar refractivity (Wildman–Crippen MR) is 120 cm³/mol. The maximum Gasteiger partial charge on any atom is 0.253 e. The highest BCUT2D eigenvalue weighted by Gasteiger charge is 2.33. The first kappa shape index (κ1) is 20.4. The second-order valence-electron chi connectivity index (χ2n) is 8.41. The summed E-state index contributed by atoms with van der Waals surface area (Å²) in [4.78, 5) is 19.4. The molecule has 4 rings (SSSR count). The minimum Gasteiger partial charge on any atom is -0.337 e. The van der Waals surface area contributed by atoms with E-state index >= 15 is 0 Å². The standard InChI is InChI=1S/C24H25ClN4O/c1-16-6-4-9-21(26-16)22-14-20(27-28-22)13-18-10-11-29(15-24(18,2)3)23(30)17-7-5-8-19(25)12-17/h4-9,12-14H,10-11,15H2,1-3H3,(H,27,28)/b18-13+. The van der Waals surface area contributed by atoms with Crippen LogP contribution < -0.4 is 0 Å². The van der Waals surface area contributed by atoms with Crippen LogP contribution in [-0.4, -0.2) is 39.1 Å². The number of nitrogens with zero attached hydrogens (tertiary/aromatic N) is 3. The summed E-state index contributed by atoms with van der Waals surface area (Å²) in [5.41, 5.74) is 5.40. The number of halogens is 1. The molecule has 6 heteroatoms. The average molecular weight is 421 g/mol. The number of rotatable bonds is 3. The van der Waals surface area contributed by atoms with Crippen molar-refractivity contribution in [2.75, 3.05) is 13.1 Å². The highest BCUT2D eigenvalue weighted by atomic mass is 35.5. The molecule has 0 saturated carbocycles. The molecule has 1 N–H and O–H groups in total. The van der Waals surface area contributed by atoms with E-state index in [4.69, 9.17) is 11.6 Å². The second-order valence-corrected chi connectivity index (χ2v) is 8.85. The van der Waals surface area contributed by atoms with E-state index in [2.05, 4.69) is 35.1 Å². The Kier molecular flexibility index (Phi) is 5.48. The van der Waals surface area contributed by atoms with Crippen LogP contribution >= 0.6 is 11.6 Å². The smallest absolute Gasteiger partial charge is 0.253 e. The first-order valence-electron chi connectivity index (χ1n) is 10.1. The monoisotopic (exact) mass is 420 g/mol. The molecule has 5 nitrogen and oxygen atoms in total. The Morgan fingerprint density at radius 2 is 1.97 bits per heavy atom. The van der Waals surface area contributed by atoms with Gasteiger partial charge in [-0.15, -0.1) is 0 Å². The molecular formula is C24H25ClN4O. The molecule has 1 aliphatic rings. The van der Waals surface area contributed by atoms with Gasteiger partial charge in [0.05, 0.1) is 11.4 Å². The van der Waals surface area contributed by atoms with E-state index in [0.717, 1.165) is 29.2 Å². The molecular weight excluding hydrogens is 396 g/mol. The summed E-state index contributed by atoms with van der Waals surface area (Å²) in [5, 5.41) is 8.12. The van der Waals surface area contributed by atoms with Crippen molar-refractivity contribution in [2.45, 2.75) is 27.2 Å². The summed E-state index contributed by atoms with van der Waals surface area (Å²) in [7, 11) is 0. The van der Waals surface area contributed by atoms with Gasteiger partial charge in [0.1, 0.15) is 5.69 Å². The maximum absolute atomic E-state index is 12.9. The third kappa shape index (κ3) is 4.31. The molecule has 1 saturated heterocycles. The van der Waals surface area contributed by atoms with Gasteiger partial charge in [-0.05, 0) is 55.8 Å². The van der Waals surface area contributed by atoms with Crippen molar-refractivity contribution in [1.29, 1.82) is 0 Å².